The monoisotopic (exact) mass is 354 g/mol. The highest BCUT2D eigenvalue weighted by molar-refractivity contribution is 5.95. The maximum Gasteiger partial charge on any atom is 0.275 e. The van der Waals surface area contributed by atoms with Crippen LogP contribution in [0.25, 0.3) is 5.69 Å². The standard InChI is InChI=1S/C19H22N4O3/c1-22(2)15(16-10-7-11-26-16)12-20-19(24)18-17(25-3)13-23(21-18)14-8-5-4-6-9-14/h4-11,13,15H,12H2,1-3H3,(H,20,24). The fraction of sp³-hybridized carbons (Fsp3) is 0.263. The number of carbonyl (C=O) groups excluding carboxylic acids is 1. The van der Waals surface area contributed by atoms with Crippen LogP contribution in [0, 0.1) is 0 Å². The topological polar surface area (TPSA) is 72.5 Å². The van der Waals surface area contributed by atoms with E-state index >= 15 is 0 Å². The average Bonchev–Trinajstić information content (AvgIpc) is 3.32. The van der Waals surface area contributed by atoms with Crippen LogP contribution in [0.15, 0.2) is 59.3 Å². The first-order valence-electron chi connectivity index (χ1n) is 8.27. The molecule has 3 aromatic rings. The number of nitrogens with zero attached hydrogens (tertiary/aromatic N) is 3. The Bertz CT molecular complexity index is 841. The molecule has 26 heavy (non-hydrogen) atoms. The summed E-state index contributed by atoms with van der Waals surface area (Å²) in [4.78, 5) is 14.6. The number of rotatable bonds is 7. The highest BCUT2D eigenvalue weighted by Crippen LogP contribution is 2.21. The van der Waals surface area contributed by atoms with E-state index in [1.54, 1.807) is 17.1 Å². The fourth-order valence-electron chi connectivity index (χ4n) is 2.67. The lowest BCUT2D eigenvalue weighted by Gasteiger charge is -2.22. The SMILES string of the molecule is COc1cn(-c2ccccc2)nc1C(=O)NCC(c1ccco1)N(C)C. The molecule has 0 aliphatic carbocycles. The molecule has 1 amide bonds. The lowest BCUT2D eigenvalue weighted by Crippen LogP contribution is -2.34. The Labute approximate surface area is 152 Å². The molecule has 1 aromatic carbocycles. The van der Waals surface area contributed by atoms with Gasteiger partial charge in [0.25, 0.3) is 5.91 Å². The van der Waals surface area contributed by atoms with Crippen LogP contribution in [0.2, 0.25) is 0 Å². The molecule has 0 aliphatic heterocycles. The van der Waals surface area contributed by atoms with Gasteiger partial charge in [-0.1, -0.05) is 18.2 Å². The van der Waals surface area contributed by atoms with E-state index in [0.29, 0.717) is 12.3 Å². The van der Waals surface area contributed by atoms with Gasteiger partial charge < -0.3 is 14.5 Å². The van der Waals surface area contributed by atoms with E-state index in [9.17, 15) is 4.79 Å². The minimum absolute atomic E-state index is 0.0730. The van der Waals surface area contributed by atoms with Crippen molar-refractivity contribution in [3.8, 4) is 11.4 Å². The van der Waals surface area contributed by atoms with E-state index in [4.69, 9.17) is 9.15 Å². The predicted molar refractivity (Wildman–Crippen MR) is 97.6 cm³/mol. The molecule has 136 valence electrons. The Morgan fingerprint density at radius 2 is 2.04 bits per heavy atom. The van der Waals surface area contributed by atoms with Crippen LogP contribution in [0.4, 0.5) is 0 Å². The van der Waals surface area contributed by atoms with Gasteiger partial charge in [0.05, 0.1) is 31.3 Å². The highest BCUT2D eigenvalue weighted by atomic mass is 16.5. The second-order valence-corrected chi connectivity index (χ2v) is 6.03. The van der Waals surface area contributed by atoms with E-state index < -0.39 is 0 Å². The number of hydrogen-bond acceptors (Lipinski definition) is 5. The van der Waals surface area contributed by atoms with Crippen molar-refractivity contribution in [3.63, 3.8) is 0 Å². The van der Waals surface area contributed by atoms with Crippen molar-refractivity contribution < 1.29 is 13.9 Å². The third kappa shape index (κ3) is 3.78. The predicted octanol–water partition coefficient (Wildman–Crippen LogP) is 2.51. The summed E-state index contributed by atoms with van der Waals surface area (Å²) in [6.45, 7) is 0.390. The quantitative estimate of drug-likeness (QED) is 0.706. The zero-order valence-electron chi connectivity index (χ0n) is 15.0. The fourth-order valence-corrected chi connectivity index (χ4v) is 2.67. The number of para-hydroxylation sites is 1. The van der Waals surface area contributed by atoms with Gasteiger partial charge in [-0.25, -0.2) is 4.68 Å². The molecule has 7 nitrogen and oxygen atoms in total. The number of ether oxygens (including phenoxy) is 1. The molecule has 0 saturated carbocycles. The molecular weight excluding hydrogens is 332 g/mol. The van der Waals surface area contributed by atoms with E-state index in [1.807, 2.05) is 61.5 Å². The summed E-state index contributed by atoms with van der Waals surface area (Å²) in [7, 11) is 5.39. The van der Waals surface area contributed by atoms with E-state index in [1.165, 1.54) is 7.11 Å². The van der Waals surface area contributed by atoms with Crippen LogP contribution < -0.4 is 10.1 Å². The molecule has 3 rings (SSSR count). The number of nitrogens with one attached hydrogen (secondary N) is 1. The molecule has 1 N–H and O–H groups in total. The van der Waals surface area contributed by atoms with Gasteiger partial charge in [0.15, 0.2) is 11.4 Å². The Balaban J connectivity index is 1.76. The molecular formula is C19H22N4O3. The molecule has 7 heteroatoms. The number of hydrogen-bond donors (Lipinski definition) is 1. The number of amides is 1. The van der Waals surface area contributed by atoms with Gasteiger partial charge in [0.2, 0.25) is 0 Å². The molecule has 0 aliphatic rings. The van der Waals surface area contributed by atoms with Crippen molar-refractivity contribution in [2.24, 2.45) is 0 Å². The van der Waals surface area contributed by atoms with E-state index in [-0.39, 0.29) is 17.6 Å². The first-order valence-corrected chi connectivity index (χ1v) is 8.27. The van der Waals surface area contributed by atoms with Crippen LogP contribution in [-0.2, 0) is 0 Å². The summed E-state index contributed by atoms with van der Waals surface area (Å²) >= 11 is 0. The van der Waals surface area contributed by atoms with Crippen LogP contribution in [0.5, 0.6) is 5.75 Å². The number of methoxy groups -OCH3 is 1. The Hall–Kier alpha value is -3.06. The zero-order valence-corrected chi connectivity index (χ0v) is 15.0. The van der Waals surface area contributed by atoms with Crippen LogP contribution in [0.1, 0.15) is 22.3 Å². The van der Waals surface area contributed by atoms with Crippen molar-refractivity contribution in [3.05, 3.63) is 66.4 Å². The van der Waals surface area contributed by atoms with Crippen LogP contribution >= 0.6 is 0 Å². The lowest BCUT2D eigenvalue weighted by atomic mass is 10.2. The Morgan fingerprint density at radius 1 is 1.27 bits per heavy atom. The van der Waals surface area contributed by atoms with Gasteiger partial charge in [-0.15, -0.1) is 0 Å². The third-order valence-corrected chi connectivity index (χ3v) is 4.09. The van der Waals surface area contributed by atoms with Crippen molar-refractivity contribution >= 4 is 5.91 Å². The summed E-state index contributed by atoms with van der Waals surface area (Å²) in [6, 6.07) is 13.2. The molecule has 1 atom stereocenters. The van der Waals surface area contributed by atoms with Gasteiger partial charge >= 0.3 is 0 Å². The minimum Gasteiger partial charge on any atom is -0.493 e. The lowest BCUT2D eigenvalue weighted by molar-refractivity contribution is 0.0930. The molecule has 1 unspecified atom stereocenters. The summed E-state index contributed by atoms with van der Waals surface area (Å²) in [5, 5.41) is 7.29. The summed E-state index contributed by atoms with van der Waals surface area (Å²) in [5.74, 6) is 0.915. The number of carbonyl (C=O) groups is 1. The summed E-state index contributed by atoms with van der Waals surface area (Å²) < 4.78 is 12.4. The molecule has 0 bridgehead atoms. The smallest absolute Gasteiger partial charge is 0.275 e. The van der Waals surface area contributed by atoms with Crippen molar-refractivity contribution in [2.75, 3.05) is 27.7 Å². The number of likely N-dealkylation sites (N-methyl/N-ethyl adjacent to an activating group) is 1. The highest BCUT2D eigenvalue weighted by Gasteiger charge is 2.22. The van der Waals surface area contributed by atoms with E-state index in [0.717, 1.165) is 11.4 Å². The average molecular weight is 354 g/mol. The second kappa shape index (κ2) is 7.88. The van der Waals surface area contributed by atoms with Crippen LogP contribution in [-0.4, -0.2) is 48.3 Å². The largest absolute Gasteiger partial charge is 0.493 e. The molecule has 2 aromatic heterocycles. The van der Waals surface area contributed by atoms with Gasteiger partial charge in [-0.05, 0) is 38.4 Å². The van der Waals surface area contributed by atoms with Crippen molar-refractivity contribution in [1.29, 1.82) is 0 Å². The molecule has 2 heterocycles. The Kier molecular flexibility index (Phi) is 5.38. The van der Waals surface area contributed by atoms with Gasteiger partial charge in [0, 0.05) is 6.54 Å². The molecule has 0 spiro atoms. The van der Waals surface area contributed by atoms with Gasteiger partial charge in [-0.3, -0.25) is 9.69 Å². The first kappa shape index (κ1) is 17.8. The first-order chi connectivity index (χ1) is 12.6. The normalized spacial score (nSPS) is 12.2. The van der Waals surface area contributed by atoms with Gasteiger partial charge in [-0.2, -0.15) is 5.10 Å². The minimum atomic E-state index is -0.296. The number of benzene rings is 1. The zero-order chi connectivity index (χ0) is 18.5. The van der Waals surface area contributed by atoms with Crippen LogP contribution in [0.3, 0.4) is 0 Å². The molecule has 0 radical (unpaired) electrons. The number of aromatic nitrogens is 2. The summed E-state index contributed by atoms with van der Waals surface area (Å²) in [6.07, 6.45) is 3.32. The van der Waals surface area contributed by atoms with Crippen molar-refractivity contribution in [2.45, 2.75) is 6.04 Å². The number of furan rings is 1. The van der Waals surface area contributed by atoms with Crippen molar-refractivity contribution in [1.82, 2.24) is 20.0 Å². The third-order valence-electron chi connectivity index (χ3n) is 4.09. The van der Waals surface area contributed by atoms with Gasteiger partial charge in [0.1, 0.15) is 5.76 Å². The van der Waals surface area contributed by atoms with E-state index in [2.05, 4.69) is 10.4 Å². The molecule has 0 saturated heterocycles. The maximum atomic E-state index is 12.6. The second-order valence-electron chi connectivity index (χ2n) is 6.03. The Morgan fingerprint density at radius 3 is 2.65 bits per heavy atom. The summed E-state index contributed by atoms with van der Waals surface area (Å²) in [5.41, 5.74) is 1.10. The molecule has 0 fully saturated rings. The maximum absolute atomic E-state index is 12.6.